The number of aromatic carboxylic acids is 1. The summed E-state index contributed by atoms with van der Waals surface area (Å²) < 4.78 is 0. The zero-order valence-electron chi connectivity index (χ0n) is 13.5. The highest BCUT2D eigenvalue weighted by molar-refractivity contribution is 5.91. The second kappa shape index (κ2) is 6.87. The van der Waals surface area contributed by atoms with Crippen LogP contribution in [0.5, 0.6) is 0 Å². The third-order valence-electron chi connectivity index (χ3n) is 4.92. The van der Waals surface area contributed by atoms with Crippen LogP contribution in [0.4, 0.5) is 0 Å². The lowest BCUT2D eigenvalue weighted by molar-refractivity contribution is -0.120. The normalized spacial score (nSPS) is 15.3. The molecule has 1 aliphatic carbocycles. The van der Waals surface area contributed by atoms with Gasteiger partial charge in [0, 0.05) is 12.0 Å². The third kappa shape index (κ3) is 3.32. The molecule has 4 nitrogen and oxygen atoms in total. The van der Waals surface area contributed by atoms with Gasteiger partial charge in [0.25, 0.3) is 0 Å². The number of rotatable bonds is 6. The molecule has 0 heterocycles. The van der Waals surface area contributed by atoms with Crippen molar-refractivity contribution >= 4 is 11.9 Å². The van der Waals surface area contributed by atoms with Crippen LogP contribution in [-0.4, -0.2) is 23.5 Å². The first-order valence-corrected chi connectivity index (χ1v) is 8.24. The zero-order valence-corrected chi connectivity index (χ0v) is 13.5. The highest BCUT2D eigenvalue weighted by Crippen LogP contribution is 2.43. The quantitative estimate of drug-likeness (QED) is 0.858. The van der Waals surface area contributed by atoms with Crippen LogP contribution in [0.3, 0.4) is 0 Å². The van der Waals surface area contributed by atoms with Crippen molar-refractivity contribution in [2.45, 2.75) is 31.1 Å². The van der Waals surface area contributed by atoms with Gasteiger partial charge in [-0.2, -0.15) is 0 Å². The summed E-state index contributed by atoms with van der Waals surface area (Å²) in [5.41, 5.74) is 2.03. The number of carboxylic acid groups (broad SMARTS) is 1. The van der Waals surface area contributed by atoms with Crippen molar-refractivity contribution < 1.29 is 14.7 Å². The van der Waals surface area contributed by atoms with Gasteiger partial charge in [0.05, 0.1) is 12.0 Å². The Kier molecular flexibility index (Phi) is 4.65. The Morgan fingerprint density at radius 2 is 1.67 bits per heavy atom. The molecular formula is C20H21NO3. The molecule has 4 heteroatoms. The Hall–Kier alpha value is -2.62. The number of hydrogen-bond acceptors (Lipinski definition) is 2. The molecule has 24 heavy (non-hydrogen) atoms. The molecule has 1 amide bonds. The fraction of sp³-hybridized carbons (Fsp3) is 0.300. The van der Waals surface area contributed by atoms with Gasteiger partial charge in [-0.1, -0.05) is 55.0 Å². The molecule has 2 aromatic carbocycles. The van der Waals surface area contributed by atoms with Gasteiger partial charge in [-0.05, 0) is 30.0 Å². The smallest absolute Gasteiger partial charge is 0.335 e. The van der Waals surface area contributed by atoms with Crippen LogP contribution in [0, 0.1) is 0 Å². The predicted octanol–water partition coefficient (Wildman–Crippen LogP) is 3.17. The monoisotopic (exact) mass is 323 g/mol. The average Bonchev–Trinajstić information content (AvgIpc) is 2.55. The molecule has 0 aliphatic heterocycles. The van der Waals surface area contributed by atoms with Crippen LogP contribution in [-0.2, 0) is 16.6 Å². The van der Waals surface area contributed by atoms with Gasteiger partial charge in [-0.25, -0.2) is 4.79 Å². The topological polar surface area (TPSA) is 66.4 Å². The van der Waals surface area contributed by atoms with Crippen LogP contribution < -0.4 is 5.32 Å². The molecule has 1 aliphatic rings. The molecule has 0 spiro atoms. The lowest BCUT2D eigenvalue weighted by Crippen LogP contribution is -2.46. The van der Waals surface area contributed by atoms with E-state index in [1.807, 2.05) is 18.2 Å². The fourth-order valence-electron chi connectivity index (χ4n) is 3.35. The van der Waals surface area contributed by atoms with Gasteiger partial charge < -0.3 is 10.4 Å². The molecule has 2 aromatic rings. The second-order valence-electron chi connectivity index (χ2n) is 6.42. The maximum atomic E-state index is 12.3. The fourth-order valence-corrected chi connectivity index (χ4v) is 3.35. The molecular weight excluding hydrogens is 302 g/mol. The summed E-state index contributed by atoms with van der Waals surface area (Å²) >= 11 is 0. The van der Waals surface area contributed by atoms with Crippen LogP contribution >= 0.6 is 0 Å². The van der Waals surface area contributed by atoms with E-state index in [1.54, 1.807) is 18.2 Å². The maximum absolute atomic E-state index is 12.3. The zero-order chi connectivity index (χ0) is 17.0. The summed E-state index contributed by atoms with van der Waals surface area (Å²) in [6.07, 6.45) is 3.41. The Morgan fingerprint density at radius 3 is 2.29 bits per heavy atom. The van der Waals surface area contributed by atoms with Crippen molar-refractivity contribution in [3.63, 3.8) is 0 Å². The maximum Gasteiger partial charge on any atom is 0.335 e. The van der Waals surface area contributed by atoms with Crippen molar-refractivity contribution in [3.8, 4) is 0 Å². The Morgan fingerprint density at radius 1 is 1.00 bits per heavy atom. The molecule has 3 rings (SSSR count). The minimum Gasteiger partial charge on any atom is -0.478 e. The van der Waals surface area contributed by atoms with Crippen molar-refractivity contribution in [2.75, 3.05) is 6.54 Å². The molecule has 0 radical (unpaired) electrons. The molecule has 0 bridgehead atoms. The van der Waals surface area contributed by atoms with Gasteiger partial charge in [-0.15, -0.1) is 0 Å². The van der Waals surface area contributed by atoms with E-state index in [-0.39, 0.29) is 23.3 Å². The number of nitrogens with one attached hydrogen (secondary N) is 1. The number of hydrogen-bond donors (Lipinski definition) is 2. The summed E-state index contributed by atoms with van der Waals surface area (Å²) in [5, 5.41) is 12.2. The summed E-state index contributed by atoms with van der Waals surface area (Å²) in [6.45, 7) is 0.602. The van der Waals surface area contributed by atoms with Gasteiger partial charge in [0.15, 0.2) is 0 Å². The van der Waals surface area contributed by atoms with Gasteiger partial charge in [0.2, 0.25) is 5.91 Å². The summed E-state index contributed by atoms with van der Waals surface area (Å²) in [6, 6.07) is 16.9. The first-order chi connectivity index (χ1) is 11.6. The molecule has 2 N–H and O–H groups in total. The minimum atomic E-state index is -1.00. The van der Waals surface area contributed by atoms with E-state index in [4.69, 9.17) is 0 Å². The molecule has 0 saturated heterocycles. The number of amides is 1. The number of carboxylic acids is 1. The number of carbonyl (C=O) groups is 2. The predicted molar refractivity (Wildman–Crippen MR) is 92.1 cm³/mol. The van der Waals surface area contributed by atoms with E-state index < -0.39 is 5.97 Å². The van der Waals surface area contributed by atoms with Crippen molar-refractivity contribution in [1.82, 2.24) is 5.32 Å². The summed E-state index contributed by atoms with van der Waals surface area (Å²) in [7, 11) is 0. The Balaban J connectivity index is 1.65. The molecule has 124 valence electrons. The van der Waals surface area contributed by atoms with Crippen molar-refractivity contribution in [3.05, 3.63) is 71.3 Å². The van der Waals surface area contributed by atoms with Gasteiger partial charge in [0.1, 0.15) is 0 Å². The van der Waals surface area contributed by atoms with Gasteiger partial charge >= 0.3 is 5.97 Å². The molecule has 1 saturated carbocycles. The van der Waals surface area contributed by atoms with Crippen molar-refractivity contribution in [2.24, 2.45) is 0 Å². The molecule has 0 aromatic heterocycles. The molecule has 0 unspecified atom stereocenters. The standard InChI is InChI=1S/C20H21NO3/c22-18(13-15-7-4-5-10-17(15)19(23)24)21-14-20(11-6-12-20)16-8-2-1-3-9-16/h1-5,7-10H,6,11-14H2,(H,21,22)(H,23,24). The first-order valence-electron chi connectivity index (χ1n) is 8.24. The van der Waals surface area contributed by atoms with Gasteiger partial charge in [-0.3, -0.25) is 4.79 Å². The Bertz CT molecular complexity index is 736. The number of carbonyl (C=O) groups excluding carboxylic acids is 1. The first kappa shape index (κ1) is 16.2. The second-order valence-corrected chi connectivity index (χ2v) is 6.42. The molecule has 0 atom stereocenters. The van der Waals surface area contributed by atoms with Crippen LogP contribution in [0.1, 0.15) is 40.7 Å². The van der Waals surface area contributed by atoms with Crippen molar-refractivity contribution in [1.29, 1.82) is 0 Å². The van der Waals surface area contributed by atoms with E-state index in [2.05, 4.69) is 17.4 Å². The largest absolute Gasteiger partial charge is 0.478 e. The SMILES string of the molecule is O=C(Cc1ccccc1C(=O)O)NCC1(c2ccccc2)CCC1. The third-order valence-corrected chi connectivity index (χ3v) is 4.92. The highest BCUT2D eigenvalue weighted by atomic mass is 16.4. The number of benzene rings is 2. The van der Waals surface area contributed by atoms with E-state index in [0.717, 1.165) is 12.8 Å². The molecule has 1 fully saturated rings. The summed E-state index contributed by atoms with van der Waals surface area (Å²) in [4.78, 5) is 23.5. The lowest BCUT2D eigenvalue weighted by atomic mass is 9.64. The average molecular weight is 323 g/mol. The summed E-state index contributed by atoms with van der Waals surface area (Å²) in [5.74, 6) is -1.14. The van der Waals surface area contributed by atoms with E-state index in [0.29, 0.717) is 12.1 Å². The lowest BCUT2D eigenvalue weighted by Gasteiger charge is -2.42. The van der Waals surface area contributed by atoms with Crippen LogP contribution in [0.25, 0.3) is 0 Å². The van der Waals surface area contributed by atoms with E-state index in [1.165, 1.54) is 18.1 Å². The van der Waals surface area contributed by atoms with E-state index in [9.17, 15) is 14.7 Å². The highest BCUT2D eigenvalue weighted by Gasteiger charge is 2.38. The van der Waals surface area contributed by atoms with Crippen LogP contribution in [0.15, 0.2) is 54.6 Å². The van der Waals surface area contributed by atoms with Crippen LogP contribution in [0.2, 0.25) is 0 Å². The van der Waals surface area contributed by atoms with E-state index >= 15 is 0 Å². The minimum absolute atomic E-state index is 0.0310. The Labute approximate surface area is 141 Å².